The first-order chi connectivity index (χ1) is 9.08. The van der Waals surface area contributed by atoms with Crippen LogP contribution in [0.4, 0.5) is 0 Å². The highest BCUT2D eigenvalue weighted by molar-refractivity contribution is 5.97. The van der Waals surface area contributed by atoms with Crippen LogP contribution in [0, 0.1) is 5.92 Å². The summed E-state index contributed by atoms with van der Waals surface area (Å²) in [6, 6.07) is 4.70. The average Bonchev–Trinajstić information content (AvgIpc) is 2.54. The first-order valence-corrected chi connectivity index (χ1v) is 6.52. The van der Waals surface area contributed by atoms with Crippen molar-refractivity contribution in [3.8, 4) is 0 Å². The van der Waals surface area contributed by atoms with E-state index >= 15 is 0 Å². The van der Waals surface area contributed by atoms with Gasteiger partial charge in [-0.2, -0.15) is 0 Å². The van der Waals surface area contributed by atoms with Gasteiger partial charge in [0.15, 0.2) is 5.78 Å². The number of carbonyl (C=O) groups excluding carboxylic acids is 2. The number of aromatic nitrogens is 1. The summed E-state index contributed by atoms with van der Waals surface area (Å²) >= 11 is 0. The molecule has 5 nitrogen and oxygen atoms in total. The lowest BCUT2D eigenvalue weighted by Gasteiger charge is -2.20. The number of hydrogen-bond acceptors (Lipinski definition) is 4. The van der Waals surface area contributed by atoms with Crippen LogP contribution in [-0.2, 0) is 4.79 Å². The molecule has 2 rings (SSSR count). The van der Waals surface area contributed by atoms with Gasteiger partial charge in [0.05, 0.1) is 0 Å². The van der Waals surface area contributed by atoms with Crippen molar-refractivity contribution >= 4 is 11.7 Å². The third-order valence-corrected chi connectivity index (χ3v) is 3.47. The van der Waals surface area contributed by atoms with E-state index in [0.29, 0.717) is 12.2 Å². The van der Waals surface area contributed by atoms with Gasteiger partial charge in [-0.05, 0) is 32.1 Å². The molecule has 2 unspecified atom stereocenters. The lowest BCUT2D eigenvalue weighted by Crippen LogP contribution is -2.47. The number of hydrogen-bond donors (Lipinski definition) is 1. The Morgan fingerprint density at radius 2 is 2.26 bits per heavy atom. The summed E-state index contributed by atoms with van der Waals surface area (Å²) in [5, 5.41) is 2.79. The molecule has 0 radical (unpaired) electrons. The Labute approximate surface area is 113 Å². The lowest BCUT2D eigenvalue weighted by atomic mass is 9.98. The van der Waals surface area contributed by atoms with Gasteiger partial charge in [-0.25, -0.2) is 0 Å². The van der Waals surface area contributed by atoms with Gasteiger partial charge >= 0.3 is 0 Å². The number of ketones is 1. The maximum absolute atomic E-state index is 12.2. The van der Waals surface area contributed by atoms with Gasteiger partial charge in [0.2, 0.25) is 0 Å². The van der Waals surface area contributed by atoms with Gasteiger partial charge in [-0.15, -0.1) is 0 Å². The standard InChI is InChI=1S/C14H19N3O2/c1-10-6-8-17(2)9-12(13(10)18)16-14(19)11-5-3-4-7-15-11/h3-5,7,10,12H,6,8-9H2,1-2H3,(H,16,19). The molecule has 0 spiro atoms. The number of likely N-dealkylation sites (tertiary alicyclic amines) is 1. The second-order valence-electron chi connectivity index (χ2n) is 5.10. The van der Waals surface area contributed by atoms with E-state index in [9.17, 15) is 9.59 Å². The third-order valence-electron chi connectivity index (χ3n) is 3.47. The summed E-state index contributed by atoms with van der Waals surface area (Å²) in [5.74, 6) is -0.200. The van der Waals surface area contributed by atoms with Crippen LogP contribution in [0.25, 0.3) is 0 Å². The molecule has 2 atom stereocenters. The first-order valence-electron chi connectivity index (χ1n) is 6.52. The number of carbonyl (C=O) groups is 2. The van der Waals surface area contributed by atoms with Crippen LogP contribution in [0.3, 0.4) is 0 Å². The molecule has 1 N–H and O–H groups in total. The molecule has 102 valence electrons. The van der Waals surface area contributed by atoms with Crippen molar-refractivity contribution in [2.75, 3.05) is 20.1 Å². The van der Waals surface area contributed by atoms with Crippen molar-refractivity contribution < 1.29 is 9.59 Å². The number of nitrogens with zero attached hydrogens (tertiary/aromatic N) is 2. The normalized spacial score (nSPS) is 24.8. The van der Waals surface area contributed by atoms with Crippen molar-refractivity contribution in [2.24, 2.45) is 5.92 Å². The number of Topliss-reactive ketones (excluding diaryl/α,β-unsaturated/α-hetero) is 1. The van der Waals surface area contributed by atoms with Crippen LogP contribution >= 0.6 is 0 Å². The van der Waals surface area contributed by atoms with Crippen molar-refractivity contribution in [3.05, 3.63) is 30.1 Å². The molecule has 1 aliphatic rings. The fourth-order valence-electron chi connectivity index (χ4n) is 2.24. The molecule has 0 bridgehead atoms. The highest BCUT2D eigenvalue weighted by Gasteiger charge is 2.30. The van der Waals surface area contributed by atoms with Crippen molar-refractivity contribution in [1.82, 2.24) is 15.2 Å². The second kappa shape index (κ2) is 5.93. The fourth-order valence-corrected chi connectivity index (χ4v) is 2.24. The van der Waals surface area contributed by atoms with Gasteiger partial charge in [0.25, 0.3) is 5.91 Å². The molecule has 5 heteroatoms. The zero-order chi connectivity index (χ0) is 13.8. The van der Waals surface area contributed by atoms with E-state index in [1.54, 1.807) is 24.4 Å². The van der Waals surface area contributed by atoms with E-state index in [1.165, 1.54) is 0 Å². The van der Waals surface area contributed by atoms with E-state index in [2.05, 4.69) is 15.2 Å². The molecule has 1 aromatic rings. The quantitative estimate of drug-likeness (QED) is 0.852. The molecular weight excluding hydrogens is 242 g/mol. The van der Waals surface area contributed by atoms with Crippen LogP contribution in [0.1, 0.15) is 23.8 Å². The minimum absolute atomic E-state index is 0.0148. The Morgan fingerprint density at radius 3 is 2.95 bits per heavy atom. The van der Waals surface area contributed by atoms with Crippen molar-refractivity contribution in [1.29, 1.82) is 0 Å². The van der Waals surface area contributed by atoms with Crippen LogP contribution in [0.5, 0.6) is 0 Å². The van der Waals surface area contributed by atoms with Crippen molar-refractivity contribution in [2.45, 2.75) is 19.4 Å². The van der Waals surface area contributed by atoms with Gasteiger partial charge in [0, 0.05) is 18.7 Å². The monoisotopic (exact) mass is 261 g/mol. The Hall–Kier alpha value is -1.75. The molecule has 2 heterocycles. The predicted molar refractivity (Wildman–Crippen MR) is 71.8 cm³/mol. The minimum atomic E-state index is -0.447. The van der Waals surface area contributed by atoms with Gasteiger partial charge in [0.1, 0.15) is 11.7 Å². The molecular formula is C14H19N3O2. The predicted octanol–water partition coefficient (Wildman–Crippen LogP) is 0.721. The highest BCUT2D eigenvalue weighted by Crippen LogP contribution is 2.13. The highest BCUT2D eigenvalue weighted by atomic mass is 16.2. The lowest BCUT2D eigenvalue weighted by molar-refractivity contribution is -0.123. The Bertz CT molecular complexity index is 461. The van der Waals surface area contributed by atoms with E-state index < -0.39 is 6.04 Å². The van der Waals surface area contributed by atoms with E-state index in [-0.39, 0.29) is 17.6 Å². The zero-order valence-electron chi connectivity index (χ0n) is 11.3. The summed E-state index contributed by atoms with van der Waals surface area (Å²) in [5.41, 5.74) is 0.342. The zero-order valence-corrected chi connectivity index (χ0v) is 11.3. The average molecular weight is 261 g/mol. The summed E-state index contributed by atoms with van der Waals surface area (Å²) in [6.07, 6.45) is 2.41. The largest absolute Gasteiger partial charge is 0.340 e. The Kier molecular flexibility index (Phi) is 4.27. The summed E-state index contributed by atoms with van der Waals surface area (Å²) in [6.45, 7) is 3.35. The molecule has 19 heavy (non-hydrogen) atoms. The molecule has 1 saturated heterocycles. The number of rotatable bonds is 2. The van der Waals surface area contributed by atoms with Gasteiger partial charge in [-0.1, -0.05) is 13.0 Å². The molecule has 0 aliphatic carbocycles. The Morgan fingerprint density at radius 1 is 1.47 bits per heavy atom. The smallest absolute Gasteiger partial charge is 0.270 e. The number of pyridine rings is 1. The maximum atomic E-state index is 12.2. The van der Waals surface area contributed by atoms with Crippen LogP contribution in [-0.4, -0.2) is 47.8 Å². The van der Waals surface area contributed by atoms with Crippen LogP contribution in [0.2, 0.25) is 0 Å². The van der Waals surface area contributed by atoms with Gasteiger partial charge in [-0.3, -0.25) is 14.6 Å². The first kappa shape index (κ1) is 13.7. The van der Waals surface area contributed by atoms with E-state index in [1.807, 2.05) is 14.0 Å². The molecule has 0 saturated carbocycles. The summed E-state index contributed by atoms with van der Waals surface area (Å²) in [7, 11) is 1.96. The van der Waals surface area contributed by atoms with E-state index in [0.717, 1.165) is 13.0 Å². The number of amides is 1. The molecule has 1 amide bonds. The van der Waals surface area contributed by atoms with Gasteiger partial charge < -0.3 is 10.2 Å². The fraction of sp³-hybridized carbons (Fsp3) is 0.500. The number of likely N-dealkylation sites (N-methyl/N-ethyl adjacent to an activating group) is 1. The molecule has 1 fully saturated rings. The topological polar surface area (TPSA) is 62.3 Å². The number of nitrogens with one attached hydrogen (secondary N) is 1. The van der Waals surface area contributed by atoms with Crippen molar-refractivity contribution in [3.63, 3.8) is 0 Å². The SMILES string of the molecule is CC1CCN(C)CC(NC(=O)c2ccccn2)C1=O. The summed E-state index contributed by atoms with van der Waals surface area (Å²) in [4.78, 5) is 30.3. The molecule has 0 aromatic carbocycles. The maximum Gasteiger partial charge on any atom is 0.270 e. The Balaban J connectivity index is 2.08. The van der Waals surface area contributed by atoms with E-state index in [4.69, 9.17) is 0 Å². The minimum Gasteiger partial charge on any atom is -0.340 e. The van der Waals surface area contributed by atoms with Crippen LogP contribution in [0.15, 0.2) is 24.4 Å². The molecule has 1 aliphatic heterocycles. The van der Waals surface area contributed by atoms with Crippen LogP contribution < -0.4 is 5.32 Å². The third kappa shape index (κ3) is 3.38. The second-order valence-corrected chi connectivity index (χ2v) is 5.10. The summed E-state index contributed by atoms with van der Waals surface area (Å²) < 4.78 is 0. The molecule has 1 aromatic heterocycles.